The van der Waals surface area contributed by atoms with Crippen molar-refractivity contribution in [3.63, 3.8) is 0 Å². The lowest BCUT2D eigenvalue weighted by Gasteiger charge is -2.14. The molecular formula is C28H29N3O3. The Kier molecular flexibility index (Phi) is 7.60. The van der Waals surface area contributed by atoms with Crippen LogP contribution < -0.4 is 14.8 Å². The van der Waals surface area contributed by atoms with Crippen molar-refractivity contribution in [2.75, 3.05) is 20.3 Å². The van der Waals surface area contributed by atoms with E-state index in [4.69, 9.17) is 14.5 Å². The largest absolute Gasteiger partial charge is 0.493 e. The summed E-state index contributed by atoms with van der Waals surface area (Å²) in [4.78, 5) is 17.2. The molecule has 1 aromatic heterocycles. The van der Waals surface area contributed by atoms with Crippen LogP contribution in [0.4, 0.5) is 0 Å². The number of nitrogens with one attached hydrogen (secondary N) is 1. The first-order valence-electron chi connectivity index (χ1n) is 11.4. The highest BCUT2D eigenvalue weighted by atomic mass is 16.5. The van der Waals surface area contributed by atoms with Gasteiger partial charge >= 0.3 is 0 Å². The number of carbonyl (C=O) groups is 1. The van der Waals surface area contributed by atoms with Gasteiger partial charge in [-0.2, -0.15) is 0 Å². The Morgan fingerprint density at radius 3 is 2.65 bits per heavy atom. The molecule has 1 heterocycles. The van der Waals surface area contributed by atoms with Crippen LogP contribution in [0, 0.1) is 0 Å². The first kappa shape index (κ1) is 23.1. The highest BCUT2D eigenvalue weighted by Crippen LogP contribution is 2.28. The molecule has 0 bridgehead atoms. The van der Waals surface area contributed by atoms with Crippen molar-refractivity contribution in [2.24, 2.45) is 0 Å². The van der Waals surface area contributed by atoms with E-state index in [2.05, 4.69) is 22.5 Å². The van der Waals surface area contributed by atoms with Crippen molar-refractivity contribution in [1.29, 1.82) is 0 Å². The van der Waals surface area contributed by atoms with E-state index in [-0.39, 0.29) is 5.91 Å². The van der Waals surface area contributed by atoms with E-state index in [0.717, 1.165) is 28.8 Å². The monoisotopic (exact) mass is 455 g/mol. The average molecular weight is 456 g/mol. The minimum Gasteiger partial charge on any atom is -0.493 e. The molecule has 4 rings (SSSR count). The molecule has 0 saturated heterocycles. The van der Waals surface area contributed by atoms with Crippen LogP contribution in [0.2, 0.25) is 0 Å². The highest BCUT2D eigenvalue weighted by Gasteiger charge is 2.12. The Bertz CT molecular complexity index is 1260. The number of aromatic nitrogens is 2. The van der Waals surface area contributed by atoms with Gasteiger partial charge in [-0.25, -0.2) is 4.98 Å². The molecule has 3 aromatic carbocycles. The van der Waals surface area contributed by atoms with Gasteiger partial charge in [0.25, 0.3) is 5.91 Å². The predicted octanol–water partition coefficient (Wildman–Crippen LogP) is 4.82. The molecule has 0 fully saturated rings. The van der Waals surface area contributed by atoms with Crippen LogP contribution >= 0.6 is 0 Å². The Balaban J connectivity index is 1.43. The van der Waals surface area contributed by atoms with Crippen molar-refractivity contribution < 1.29 is 14.3 Å². The summed E-state index contributed by atoms with van der Waals surface area (Å²) >= 11 is 0. The number of allylic oxidation sites excluding steroid dienone is 1. The molecule has 6 heteroatoms. The molecular weight excluding hydrogens is 426 g/mol. The minimum absolute atomic E-state index is 0.0846. The number of benzene rings is 3. The standard InChI is InChI=1S/C28H29N3O3/c1-3-9-21-14-15-25(26(20-21)33-2)34-19-18-31-24-13-8-7-12-23(24)30-27(31)16-17-29-28(32)22-10-5-4-6-11-22/h3-8,10-15,20H,1,9,16-19H2,2H3,(H,29,32). The van der Waals surface area contributed by atoms with E-state index >= 15 is 0 Å². The van der Waals surface area contributed by atoms with Crippen molar-refractivity contribution in [3.05, 3.63) is 102 Å². The van der Waals surface area contributed by atoms with Gasteiger partial charge in [0.1, 0.15) is 12.4 Å². The van der Waals surface area contributed by atoms with Gasteiger partial charge < -0.3 is 19.4 Å². The highest BCUT2D eigenvalue weighted by molar-refractivity contribution is 5.94. The summed E-state index contributed by atoms with van der Waals surface area (Å²) in [5.41, 5.74) is 3.75. The molecule has 0 saturated carbocycles. The van der Waals surface area contributed by atoms with Crippen LogP contribution in [-0.4, -0.2) is 35.7 Å². The number of para-hydroxylation sites is 2. The van der Waals surface area contributed by atoms with Crippen molar-refractivity contribution in [2.45, 2.75) is 19.4 Å². The number of ether oxygens (including phenoxy) is 2. The van der Waals surface area contributed by atoms with Crippen molar-refractivity contribution >= 4 is 16.9 Å². The van der Waals surface area contributed by atoms with Crippen LogP contribution in [0.3, 0.4) is 0 Å². The van der Waals surface area contributed by atoms with E-state index in [1.165, 1.54) is 0 Å². The van der Waals surface area contributed by atoms with E-state index in [1.54, 1.807) is 19.2 Å². The van der Waals surface area contributed by atoms with E-state index in [0.29, 0.717) is 43.2 Å². The number of nitrogens with zero attached hydrogens (tertiary/aromatic N) is 2. The number of rotatable bonds is 11. The first-order chi connectivity index (χ1) is 16.7. The molecule has 0 unspecified atom stereocenters. The maximum atomic E-state index is 12.4. The quantitative estimate of drug-likeness (QED) is 0.329. The molecule has 0 aliphatic heterocycles. The number of methoxy groups -OCH3 is 1. The number of fused-ring (bicyclic) bond motifs is 1. The summed E-state index contributed by atoms with van der Waals surface area (Å²) in [6.45, 7) is 5.37. The maximum absolute atomic E-state index is 12.4. The fraction of sp³-hybridized carbons (Fsp3) is 0.214. The third kappa shape index (κ3) is 5.46. The smallest absolute Gasteiger partial charge is 0.251 e. The zero-order valence-corrected chi connectivity index (χ0v) is 19.4. The second kappa shape index (κ2) is 11.2. The first-order valence-corrected chi connectivity index (χ1v) is 11.4. The van der Waals surface area contributed by atoms with Gasteiger partial charge in [0.2, 0.25) is 0 Å². The number of hydrogen-bond acceptors (Lipinski definition) is 4. The fourth-order valence-corrected chi connectivity index (χ4v) is 3.92. The van der Waals surface area contributed by atoms with Gasteiger partial charge in [-0.05, 0) is 48.4 Å². The molecule has 174 valence electrons. The summed E-state index contributed by atoms with van der Waals surface area (Å²) < 4.78 is 13.7. The normalized spacial score (nSPS) is 10.7. The summed E-state index contributed by atoms with van der Waals surface area (Å²) in [7, 11) is 1.64. The summed E-state index contributed by atoms with van der Waals surface area (Å²) in [5, 5.41) is 2.98. The Hall–Kier alpha value is -4.06. The fourth-order valence-electron chi connectivity index (χ4n) is 3.92. The van der Waals surface area contributed by atoms with E-state index in [9.17, 15) is 4.79 Å². The second-order valence-corrected chi connectivity index (χ2v) is 7.87. The molecule has 1 N–H and O–H groups in total. The molecule has 0 aliphatic rings. The number of amides is 1. The maximum Gasteiger partial charge on any atom is 0.251 e. The Morgan fingerprint density at radius 1 is 1.06 bits per heavy atom. The van der Waals surface area contributed by atoms with Gasteiger partial charge in [0.05, 0.1) is 24.7 Å². The predicted molar refractivity (Wildman–Crippen MR) is 135 cm³/mol. The van der Waals surface area contributed by atoms with Gasteiger partial charge in [0, 0.05) is 18.5 Å². The lowest BCUT2D eigenvalue weighted by molar-refractivity contribution is 0.0954. The van der Waals surface area contributed by atoms with Crippen LogP contribution in [-0.2, 0) is 19.4 Å². The van der Waals surface area contributed by atoms with Crippen LogP contribution in [0.15, 0.2) is 85.5 Å². The SMILES string of the molecule is C=CCc1ccc(OCCn2c(CCNC(=O)c3ccccc3)nc3ccccc32)c(OC)c1. The molecule has 4 aromatic rings. The lowest BCUT2D eigenvalue weighted by Crippen LogP contribution is -2.26. The van der Waals surface area contributed by atoms with E-state index in [1.807, 2.05) is 60.7 Å². The zero-order valence-electron chi connectivity index (χ0n) is 19.4. The van der Waals surface area contributed by atoms with Crippen molar-refractivity contribution in [1.82, 2.24) is 14.9 Å². The summed E-state index contributed by atoms with van der Waals surface area (Å²) in [6.07, 6.45) is 3.26. The van der Waals surface area contributed by atoms with Gasteiger partial charge in [-0.3, -0.25) is 4.79 Å². The summed E-state index contributed by atoms with van der Waals surface area (Å²) in [6, 6.07) is 23.2. The summed E-state index contributed by atoms with van der Waals surface area (Å²) in [5.74, 6) is 2.24. The number of carbonyl (C=O) groups excluding carboxylic acids is 1. The third-order valence-corrected chi connectivity index (χ3v) is 5.58. The molecule has 6 nitrogen and oxygen atoms in total. The Labute approximate surface area is 199 Å². The third-order valence-electron chi connectivity index (χ3n) is 5.58. The second-order valence-electron chi connectivity index (χ2n) is 7.87. The van der Waals surface area contributed by atoms with Gasteiger partial charge in [0.15, 0.2) is 11.5 Å². The number of hydrogen-bond donors (Lipinski definition) is 1. The van der Waals surface area contributed by atoms with E-state index < -0.39 is 0 Å². The van der Waals surface area contributed by atoms with Crippen LogP contribution in [0.25, 0.3) is 11.0 Å². The molecule has 1 amide bonds. The molecule has 0 atom stereocenters. The molecule has 0 spiro atoms. The lowest BCUT2D eigenvalue weighted by atomic mass is 10.1. The van der Waals surface area contributed by atoms with Crippen LogP contribution in [0.5, 0.6) is 11.5 Å². The molecule has 0 aliphatic carbocycles. The van der Waals surface area contributed by atoms with Gasteiger partial charge in [-0.1, -0.05) is 42.5 Å². The molecule has 0 radical (unpaired) electrons. The van der Waals surface area contributed by atoms with Crippen molar-refractivity contribution in [3.8, 4) is 11.5 Å². The van der Waals surface area contributed by atoms with Gasteiger partial charge in [-0.15, -0.1) is 6.58 Å². The Morgan fingerprint density at radius 2 is 1.85 bits per heavy atom. The topological polar surface area (TPSA) is 65.4 Å². The number of imidazole rings is 1. The molecule has 34 heavy (non-hydrogen) atoms. The minimum atomic E-state index is -0.0846. The average Bonchev–Trinajstić information content (AvgIpc) is 3.22. The van der Waals surface area contributed by atoms with Crippen LogP contribution in [0.1, 0.15) is 21.7 Å². The zero-order chi connectivity index (χ0) is 23.8.